The van der Waals surface area contributed by atoms with Gasteiger partial charge in [0.15, 0.2) is 5.65 Å². The maximum atomic E-state index is 13.9. The van der Waals surface area contributed by atoms with Crippen LogP contribution in [-0.4, -0.2) is 52.5 Å². The number of hydrogen-bond acceptors (Lipinski definition) is 6. The van der Waals surface area contributed by atoms with Gasteiger partial charge in [0.25, 0.3) is 5.91 Å². The van der Waals surface area contributed by atoms with Crippen LogP contribution in [0.4, 0.5) is 15.9 Å². The molecule has 2 aromatic heterocycles. The molecule has 2 aromatic carbocycles. The molecule has 1 fully saturated rings. The second-order valence-electron chi connectivity index (χ2n) is 11.3. The normalized spacial score (nSPS) is 14.9. The zero-order chi connectivity index (χ0) is 29.5. The third kappa shape index (κ3) is 6.22. The van der Waals surface area contributed by atoms with Gasteiger partial charge in [0, 0.05) is 24.8 Å². The summed E-state index contributed by atoms with van der Waals surface area (Å²) < 4.78 is 43.7. The highest BCUT2D eigenvalue weighted by Gasteiger charge is 2.31. The van der Waals surface area contributed by atoms with E-state index in [0.29, 0.717) is 23.8 Å². The number of anilines is 2. The highest BCUT2D eigenvalue weighted by atomic mass is 35.5. The van der Waals surface area contributed by atoms with Gasteiger partial charge in [-0.25, -0.2) is 22.5 Å². The van der Waals surface area contributed by atoms with Crippen molar-refractivity contribution in [2.75, 3.05) is 18.4 Å². The topological polar surface area (TPSA) is 109 Å². The molecule has 0 radical (unpaired) electrons. The number of benzene rings is 2. The third-order valence-electron chi connectivity index (χ3n) is 6.96. The quantitative estimate of drug-likeness (QED) is 0.296. The van der Waals surface area contributed by atoms with Gasteiger partial charge in [-0.05, 0) is 81.8 Å². The standard InChI is InChI=1S/C29H32ClFN6O3S/c1-18-5-10-24(23(30)15-18)34-26-22(16-32-27-25(17-33-37(26)27)41(39,40)35-29(2,3)4)28(38)36-13-11-20(12-14-36)19-6-8-21(31)9-7-19/h5-10,15-17,20,34-35H,11-14H2,1-4H3. The van der Waals surface area contributed by atoms with Crippen molar-refractivity contribution in [3.63, 3.8) is 0 Å². The van der Waals surface area contributed by atoms with Crippen molar-refractivity contribution >= 4 is 44.7 Å². The number of likely N-dealkylation sites (tertiary alicyclic amines) is 1. The van der Waals surface area contributed by atoms with E-state index in [-0.39, 0.29) is 39.6 Å². The summed E-state index contributed by atoms with van der Waals surface area (Å²) in [6, 6.07) is 11.9. The summed E-state index contributed by atoms with van der Waals surface area (Å²) >= 11 is 6.51. The van der Waals surface area contributed by atoms with Gasteiger partial charge in [-0.2, -0.15) is 9.61 Å². The number of halogens is 2. The molecule has 1 saturated heterocycles. The number of aryl methyl sites for hydroxylation is 1. The van der Waals surface area contributed by atoms with Gasteiger partial charge in [0.2, 0.25) is 10.0 Å². The Morgan fingerprint density at radius 3 is 2.39 bits per heavy atom. The summed E-state index contributed by atoms with van der Waals surface area (Å²) in [7, 11) is -3.96. The summed E-state index contributed by atoms with van der Waals surface area (Å²) in [5, 5.41) is 7.98. The maximum Gasteiger partial charge on any atom is 0.259 e. The largest absolute Gasteiger partial charge is 0.338 e. The number of amides is 1. The second kappa shape index (κ2) is 11.0. The van der Waals surface area contributed by atoms with Crippen LogP contribution in [-0.2, 0) is 10.0 Å². The third-order valence-corrected chi connectivity index (χ3v) is 9.02. The smallest absolute Gasteiger partial charge is 0.259 e. The number of carbonyl (C=O) groups is 1. The number of fused-ring (bicyclic) bond motifs is 1. The number of rotatable bonds is 6. The molecule has 0 spiro atoms. The minimum Gasteiger partial charge on any atom is -0.338 e. The summed E-state index contributed by atoms with van der Waals surface area (Å²) in [6.45, 7) is 8.14. The Bertz CT molecular complexity index is 1710. The first-order valence-corrected chi connectivity index (χ1v) is 15.2. The van der Waals surface area contributed by atoms with Crippen LogP contribution in [0.25, 0.3) is 5.65 Å². The molecule has 3 heterocycles. The first-order valence-electron chi connectivity index (χ1n) is 13.3. The number of hydrogen-bond donors (Lipinski definition) is 2. The summed E-state index contributed by atoms with van der Waals surface area (Å²) in [4.78, 5) is 19.9. The van der Waals surface area contributed by atoms with Crippen molar-refractivity contribution < 1.29 is 17.6 Å². The molecule has 12 heteroatoms. The van der Waals surface area contributed by atoms with Gasteiger partial charge in [-0.15, -0.1) is 0 Å². The van der Waals surface area contributed by atoms with Crippen LogP contribution in [0.5, 0.6) is 0 Å². The lowest BCUT2D eigenvalue weighted by Crippen LogP contribution is -2.40. The molecule has 0 unspecified atom stereocenters. The molecule has 0 aliphatic carbocycles. The minimum atomic E-state index is -3.96. The molecule has 1 amide bonds. The van der Waals surface area contributed by atoms with Crippen molar-refractivity contribution in [3.8, 4) is 0 Å². The van der Waals surface area contributed by atoms with Crippen LogP contribution in [0, 0.1) is 12.7 Å². The first-order chi connectivity index (χ1) is 19.3. The second-order valence-corrected chi connectivity index (χ2v) is 13.4. The number of sulfonamides is 1. The maximum absolute atomic E-state index is 13.9. The van der Waals surface area contributed by atoms with Crippen molar-refractivity contribution in [2.45, 2.75) is 56.9 Å². The van der Waals surface area contributed by atoms with Gasteiger partial charge >= 0.3 is 0 Å². The van der Waals surface area contributed by atoms with E-state index in [4.69, 9.17) is 11.6 Å². The number of nitrogens with zero attached hydrogens (tertiary/aromatic N) is 4. The Kier molecular flexibility index (Phi) is 7.80. The Morgan fingerprint density at radius 1 is 1.07 bits per heavy atom. The number of piperidine rings is 1. The molecule has 4 aromatic rings. The first kappa shape index (κ1) is 29.0. The Labute approximate surface area is 243 Å². The van der Waals surface area contributed by atoms with Crippen LogP contribution in [0.3, 0.4) is 0 Å². The molecule has 0 saturated carbocycles. The molecule has 0 bridgehead atoms. The van der Waals surface area contributed by atoms with E-state index in [2.05, 4.69) is 20.1 Å². The lowest BCUT2D eigenvalue weighted by Gasteiger charge is -2.32. The molecule has 5 rings (SSSR count). The Morgan fingerprint density at radius 2 is 1.76 bits per heavy atom. The van der Waals surface area contributed by atoms with Crippen LogP contribution in [0.2, 0.25) is 5.02 Å². The summed E-state index contributed by atoms with van der Waals surface area (Å²) in [5.74, 6) is -0.0702. The molecule has 2 N–H and O–H groups in total. The predicted octanol–water partition coefficient (Wildman–Crippen LogP) is 5.67. The highest BCUT2D eigenvalue weighted by Crippen LogP contribution is 2.33. The van der Waals surface area contributed by atoms with Crippen molar-refractivity contribution in [1.82, 2.24) is 24.2 Å². The average molecular weight is 599 g/mol. The average Bonchev–Trinajstić information content (AvgIpc) is 3.35. The van der Waals surface area contributed by atoms with Crippen LogP contribution >= 0.6 is 11.6 Å². The van der Waals surface area contributed by atoms with Gasteiger partial charge in [-0.3, -0.25) is 4.79 Å². The van der Waals surface area contributed by atoms with E-state index in [9.17, 15) is 17.6 Å². The molecular weight excluding hydrogens is 567 g/mol. The zero-order valence-corrected chi connectivity index (χ0v) is 24.9. The molecular formula is C29H32ClFN6O3S. The van der Waals surface area contributed by atoms with Crippen molar-refractivity contribution in [2.24, 2.45) is 0 Å². The summed E-state index contributed by atoms with van der Waals surface area (Å²) in [5.41, 5.74) is 2.11. The fourth-order valence-corrected chi connectivity index (χ4v) is 6.77. The predicted molar refractivity (Wildman–Crippen MR) is 157 cm³/mol. The SMILES string of the molecule is Cc1ccc(Nc2c(C(=O)N3CCC(c4ccc(F)cc4)CC3)cnc3c(S(=O)(=O)NC(C)(C)C)cnn23)c(Cl)c1. The summed E-state index contributed by atoms with van der Waals surface area (Å²) in [6.07, 6.45) is 4.05. The fraction of sp³-hybridized carbons (Fsp3) is 0.345. The fourth-order valence-electron chi connectivity index (χ4n) is 5.00. The number of carbonyl (C=O) groups excluding carboxylic acids is 1. The van der Waals surface area contributed by atoms with E-state index in [1.54, 1.807) is 49.9 Å². The van der Waals surface area contributed by atoms with E-state index in [1.807, 2.05) is 13.0 Å². The lowest BCUT2D eigenvalue weighted by molar-refractivity contribution is 0.0713. The van der Waals surface area contributed by atoms with E-state index < -0.39 is 15.6 Å². The number of nitrogens with one attached hydrogen (secondary N) is 2. The van der Waals surface area contributed by atoms with E-state index >= 15 is 0 Å². The van der Waals surface area contributed by atoms with Crippen LogP contribution in [0.1, 0.15) is 61.0 Å². The van der Waals surface area contributed by atoms with Crippen LogP contribution < -0.4 is 10.0 Å². The molecule has 9 nitrogen and oxygen atoms in total. The van der Waals surface area contributed by atoms with Crippen LogP contribution in [0.15, 0.2) is 59.8 Å². The Balaban J connectivity index is 1.51. The minimum absolute atomic E-state index is 0.0686. The van der Waals surface area contributed by atoms with Gasteiger partial charge < -0.3 is 10.2 Å². The monoisotopic (exact) mass is 598 g/mol. The molecule has 1 aliphatic rings. The highest BCUT2D eigenvalue weighted by molar-refractivity contribution is 7.89. The Hall–Kier alpha value is -3.54. The number of aromatic nitrogens is 3. The molecule has 216 valence electrons. The lowest BCUT2D eigenvalue weighted by atomic mass is 9.89. The van der Waals surface area contributed by atoms with Gasteiger partial charge in [-0.1, -0.05) is 29.8 Å². The van der Waals surface area contributed by atoms with Crippen molar-refractivity contribution in [3.05, 3.63) is 82.4 Å². The van der Waals surface area contributed by atoms with Crippen molar-refractivity contribution in [1.29, 1.82) is 0 Å². The molecule has 1 aliphatic heterocycles. The van der Waals surface area contributed by atoms with Gasteiger partial charge in [0.1, 0.15) is 22.1 Å². The zero-order valence-electron chi connectivity index (χ0n) is 23.3. The van der Waals surface area contributed by atoms with E-state index in [0.717, 1.165) is 24.0 Å². The van der Waals surface area contributed by atoms with Gasteiger partial charge in [0.05, 0.1) is 16.9 Å². The molecule has 0 atom stereocenters. The van der Waals surface area contributed by atoms with E-state index in [1.165, 1.54) is 29.0 Å². The molecule has 41 heavy (non-hydrogen) atoms.